The van der Waals surface area contributed by atoms with E-state index in [0.29, 0.717) is 23.4 Å². The maximum atomic E-state index is 11.2. The summed E-state index contributed by atoms with van der Waals surface area (Å²) < 4.78 is 11.6. The van der Waals surface area contributed by atoms with Crippen LogP contribution in [0.4, 0.5) is 0 Å². The van der Waals surface area contributed by atoms with E-state index in [1.54, 1.807) is 24.5 Å². The van der Waals surface area contributed by atoms with Crippen molar-refractivity contribution in [3.8, 4) is 22.9 Å². The number of hydrogen-bond donors (Lipinski definition) is 2. The highest BCUT2D eigenvalue weighted by Gasteiger charge is 2.13. The molecule has 0 unspecified atom stereocenters. The molecule has 154 valence electrons. The summed E-state index contributed by atoms with van der Waals surface area (Å²) in [6, 6.07) is 20.8. The van der Waals surface area contributed by atoms with E-state index in [2.05, 4.69) is 12.1 Å². The van der Waals surface area contributed by atoms with E-state index in [0.717, 1.165) is 33.2 Å². The molecule has 0 saturated carbocycles. The highest BCUT2D eigenvalue weighted by atomic mass is 16.5. The molecule has 3 N–H and O–H groups in total. The van der Waals surface area contributed by atoms with Gasteiger partial charge in [0.25, 0.3) is 0 Å². The Kier molecular flexibility index (Phi) is 5.69. The maximum Gasteiger partial charge on any atom is 0.307 e. The van der Waals surface area contributed by atoms with E-state index in [1.807, 2.05) is 36.4 Å². The average molecular weight is 412 g/mol. The number of nitriles is 1. The molecular weight excluding hydrogens is 392 g/mol. The van der Waals surface area contributed by atoms with Crippen molar-refractivity contribution in [2.24, 2.45) is 5.73 Å². The highest BCUT2D eigenvalue weighted by Crippen LogP contribution is 2.30. The first-order valence-electron chi connectivity index (χ1n) is 9.74. The van der Waals surface area contributed by atoms with Gasteiger partial charge in [-0.2, -0.15) is 5.26 Å². The van der Waals surface area contributed by atoms with E-state index in [1.165, 1.54) is 0 Å². The molecule has 4 aromatic rings. The van der Waals surface area contributed by atoms with Crippen LogP contribution in [0.15, 0.2) is 71.3 Å². The van der Waals surface area contributed by atoms with Crippen LogP contribution >= 0.6 is 0 Å². The third kappa shape index (κ3) is 4.42. The molecule has 0 aliphatic carbocycles. The number of nitrogens with zero attached hydrogens (tertiary/aromatic N) is 1. The number of carboxylic acids is 1. The fraction of sp³-hybridized carbons (Fsp3) is 0.120. The zero-order chi connectivity index (χ0) is 21.8. The second kappa shape index (κ2) is 8.74. The third-order valence-corrected chi connectivity index (χ3v) is 5.07. The Balaban J connectivity index is 1.64. The number of nitrogens with two attached hydrogens (primary N) is 1. The number of furan rings is 1. The number of carboxylic acid groups (broad SMARTS) is 1. The van der Waals surface area contributed by atoms with Gasteiger partial charge in [-0.3, -0.25) is 4.79 Å². The van der Waals surface area contributed by atoms with Crippen molar-refractivity contribution in [3.63, 3.8) is 0 Å². The fourth-order valence-electron chi connectivity index (χ4n) is 3.47. The quantitative estimate of drug-likeness (QED) is 0.458. The van der Waals surface area contributed by atoms with E-state index < -0.39 is 5.97 Å². The lowest BCUT2D eigenvalue weighted by atomic mass is 10.0. The standard InChI is InChI=1S/C25H20N2O4/c26-12-16-2-1-3-18(8-16)19-6-7-23-22(10-19)21(14-30-23)15-31-24-9-17(13-27)4-5-20(24)11-25(28)29/h1-10,14H,11-12,15,26H2,(H,28,29). The van der Waals surface area contributed by atoms with Gasteiger partial charge in [0.1, 0.15) is 17.9 Å². The highest BCUT2D eigenvalue weighted by molar-refractivity contribution is 5.86. The summed E-state index contributed by atoms with van der Waals surface area (Å²) >= 11 is 0. The van der Waals surface area contributed by atoms with Crippen molar-refractivity contribution in [1.82, 2.24) is 0 Å². The molecule has 6 heteroatoms. The minimum absolute atomic E-state index is 0.181. The average Bonchev–Trinajstić information content (AvgIpc) is 3.20. The predicted octanol–water partition coefficient (Wildman–Crippen LogP) is 4.64. The molecule has 0 aliphatic rings. The minimum atomic E-state index is -0.965. The Hall–Kier alpha value is -4.08. The number of benzene rings is 3. The van der Waals surface area contributed by atoms with Crippen molar-refractivity contribution in [3.05, 3.63) is 89.2 Å². The summed E-state index contributed by atoms with van der Waals surface area (Å²) in [5.74, 6) is -0.588. The van der Waals surface area contributed by atoms with Gasteiger partial charge >= 0.3 is 5.97 Å². The van der Waals surface area contributed by atoms with Gasteiger partial charge in [-0.15, -0.1) is 0 Å². The van der Waals surface area contributed by atoms with Crippen LogP contribution in [-0.2, 0) is 24.4 Å². The normalized spacial score (nSPS) is 10.7. The van der Waals surface area contributed by atoms with Crippen molar-refractivity contribution in [2.75, 3.05) is 0 Å². The summed E-state index contributed by atoms with van der Waals surface area (Å²) in [4.78, 5) is 11.2. The van der Waals surface area contributed by atoms with Gasteiger partial charge in [-0.25, -0.2) is 0 Å². The Morgan fingerprint density at radius 1 is 1.06 bits per heavy atom. The molecule has 4 rings (SSSR count). The second-order valence-corrected chi connectivity index (χ2v) is 7.17. The van der Waals surface area contributed by atoms with Gasteiger partial charge in [-0.05, 0) is 47.0 Å². The Labute approximate surface area is 179 Å². The van der Waals surface area contributed by atoms with Gasteiger partial charge < -0.3 is 20.0 Å². The van der Waals surface area contributed by atoms with Crippen LogP contribution in [0.3, 0.4) is 0 Å². The van der Waals surface area contributed by atoms with Gasteiger partial charge in [0, 0.05) is 23.1 Å². The first-order valence-corrected chi connectivity index (χ1v) is 9.74. The molecule has 3 aromatic carbocycles. The first kappa shape index (κ1) is 20.2. The molecule has 0 aliphatic heterocycles. The van der Waals surface area contributed by atoms with Crippen molar-refractivity contribution < 1.29 is 19.1 Å². The van der Waals surface area contributed by atoms with Gasteiger partial charge in [-0.1, -0.05) is 30.3 Å². The van der Waals surface area contributed by atoms with Crippen LogP contribution in [-0.4, -0.2) is 11.1 Å². The zero-order valence-electron chi connectivity index (χ0n) is 16.7. The molecule has 0 spiro atoms. The Morgan fingerprint density at radius 2 is 1.90 bits per heavy atom. The van der Waals surface area contributed by atoms with E-state index in [-0.39, 0.29) is 13.0 Å². The number of aliphatic carboxylic acids is 1. The van der Waals surface area contributed by atoms with Gasteiger partial charge in [0.05, 0.1) is 24.3 Å². The SMILES string of the molecule is N#Cc1ccc(CC(=O)O)c(OCc2coc3ccc(-c4cccc(CN)c4)cc23)c1. The van der Waals surface area contributed by atoms with E-state index in [9.17, 15) is 4.79 Å². The van der Waals surface area contributed by atoms with Crippen molar-refractivity contribution in [1.29, 1.82) is 5.26 Å². The molecule has 1 heterocycles. The Bertz CT molecular complexity index is 1300. The van der Waals surface area contributed by atoms with E-state index in [4.69, 9.17) is 25.3 Å². The number of carbonyl (C=O) groups is 1. The predicted molar refractivity (Wildman–Crippen MR) is 116 cm³/mol. The minimum Gasteiger partial charge on any atom is -0.488 e. The van der Waals surface area contributed by atoms with Gasteiger partial charge in [0.15, 0.2) is 0 Å². The van der Waals surface area contributed by atoms with E-state index >= 15 is 0 Å². The number of ether oxygens (including phenoxy) is 1. The largest absolute Gasteiger partial charge is 0.488 e. The zero-order valence-corrected chi connectivity index (χ0v) is 16.7. The van der Waals surface area contributed by atoms with Gasteiger partial charge in [0.2, 0.25) is 0 Å². The molecule has 0 radical (unpaired) electrons. The lowest BCUT2D eigenvalue weighted by Gasteiger charge is -2.10. The summed E-state index contributed by atoms with van der Waals surface area (Å²) in [5.41, 5.74) is 11.4. The second-order valence-electron chi connectivity index (χ2n) is 7.17. The van der Waals surface area contributed by atoms with Crippen LogP contribution in [0.1, 0.15) is 22.3 Å². The van der Waals surface area contributed by atoms with Crippen LogP contribution in [0.2, 0.25) is 0 Å². The molecule has 0 fully saturated rings. The molecule has 0 bridgehead atoms. The Morgan fingerprint density at radius 3 is 2.68 bits per heavy atom. The summed E-state index contributed by atoms with van der Waals surface area (Å²) in [7, 11) is 0. The molecular formula is C25H20N2O4. The lowest BCUT2D eigenvalue weighted by Crippen LogP contribution is -2.04. The molecule has 0 amide bonds. The third-order valence-electron chi connectivity index (χ3n) is 5.07. The number of fused-ring (bicyclic) bond motifs is 1. The molecule has 31 heavy (non-hydrogen) atoms. The monoisotopic (exact) mass is 412 g/mol. The molecule has 0 atom stereocenters. The van der Waals surface area contributed by atoms with Crippen molar-refractivity contribution in [2.45, 2.75) is 19.6 Å². The fourth-order valence-corrected chi connectivity index (χ4v) is 3.47. The van der Waals surface area contributed by atoms with Crippen LogP contribution < -0.4 is 10.5 Å². The van der Waals surface area contributed by atoms with Crippen LogP contribution in [0.5, 0.6) is 5.75 Å². The lowest BCUT2D eigenvalue weighted by molar-refractivity contribution is -0.136. The topological polar surface area (TPSA) is 109 Å². The van der Waals surface area contributed by atoms with Crippen LogP contribution in [0, 0.1) is 11.3 Å². The summed E-state index contributed by atoms with van der Waals surface area (Å²) in [6.07, 6.45) is 1.45. The molecule has 0 saturated heterocycles. The number of hydrogen-bond acceptors (Lipinski definition) is 5. The number of rotatable bonds is 7. The van der Waals surface area contributed by atoms with Crippen molar-refractivity contribution >= 4 is 16.9 Å². The maximum absolute atomic E-state index is 11.2. The summed E-state index contributed by atoms with van der Waals surface area (Å²) in [5, 5.41) is 19.2. The molecule has 1 aromatic heterocycles. The molecule has 6 nitrogen and oxygen atoms in total. The van der Waals surface area contributed by atoms with Crippen LogP contribution in [0.25, 0.3) is 22.1 Å². The first-order chi connectivity index (χ1) is 15.1. The smallest absolute Gasteiger partial charge is 0.307 e. The summed E-state index contributed by atoms with van der Waals surface area (Å²) in [6.45, 7) is 0.655.